The molecule has 7 nitrogen and oxygen atoms in total. The lowest BCUT2D eigenvalue weighted by Gasteiger charge is -2.34. The van der Waals surface area contributed by atoms with Crippen molar-refractivity contribution in [1.29, 1.82) is 0 Å². The number of aliphatic imine (C=N–C) groups is 1. The van der Waals surface area contributed by atoms with Gasteiger partial charge in [-0.1, -0.05) is 24.3 Å². The van der Waals surface area contributed by atoms with Crippen LogP contribution in [0.3, 0.4) is 0 Å². The normalized spacial score (nSPS) is 16.7. The van der Waals surface area contributed by atoms with Crippen molar-refractivity contribution in [3.63, 3.8) is 0 Å². The van der Waals surface area contributed by atoms with Gasteiger partial charge in [-0.15, -0.1) is 24.0 Å². The second-order valence-corrected chi connectivity index (χ2v) is 8.32. The molecule has 1 aliphatic rings. The molecule has 1 amide bonds. The summed E-state index contributed by atoms with van der Waals surface area (Å²) in [5, 5.41) is 3.42. The number of amides is 1. The number of likely N-dealkylation sites (tertiary alicyclic amines) is 1. The number of guanidine groups is 1. The zero-order valence-electron chi connectivity index (χ0n) is 19.1. The number of rotatable bonds is 9. The number of nitrogens with one attached hydrogen (secondary N) is 1. The Balaban J connectivity index is 0.00000363. The summed E-state index contributed by atoms with van der Waals surface area (Å²) >= 11 is 0. The summed E-state index contributed by atoms with van der Waals surface area (Å²) in [4.78, 5) is 20.8. The minimum Gasteiger partial charge on any atom is -0.468 e. The maximum absolute atomic E-state index is 11.4. The molecule has 1 fully saturated rings. The van der Waals surface area contributed by atoms with Crippen molar-refractivity contribution in [3.05, 3.63) is 59.5 Å². The topological polar surface area (TPSA) is 87.1 Å². The molecule has 2 heterocycles. The van der Waals surface area contributed by atoms with Crippen LogP contribution in [0.15, 0.2) is 52.1 Å². The number of carbonyl (C=O) groups is 1. The van der Waals surface area contributed by atoms with Crippen LogP contribution in [0.1, 0.15) is 43.1 Å². The fraction of sp³-hybridized carbons (Fsp3) is 0.500. The number of nitrogens with zero attached hydrogens (tertiary/aromatic N) is 3. The van der Waals surface area contributed by atoms with Crippen LogP contribution in [0.4, 0.5) is 0 Å². The first-order valence-corrected chi connectivity index (χ1v) is 11.1. The van der Waals surface area contributed by atoms with Gasteiger partial charge in [0.15, 0.2) is 5.96 Å². The van der Waals surface area contributed by atoms with Gasteiger partial charge in [0, 0.05) is 32.6 Å². The van der Waals surface area contributed by atoms with Crippen molar-refractivity contribution in [2.24, 2.45) is 16.6 Å². The molecule has 1 aromatic heterocycles. The van der Waals surface area contributed by atoms with Crippen LogP contribution in [0.25, 0.3) is 0 Å². The van der Waals surface area contributed by atoms with E-state index in [1.807, 2.05) is 12.1 Å². The molecule has 1 aliphatic heterocycles. The molecule has 0 aliphatic carbocycles. The minimum atomic E-state index is -0.221. The summed E-state index contributed by atoms with van der Waals surface area (Å²) in [5.41, 5.74) is 7.91. The molecule has 0 bridgehead atoms. The summed E-state index contributed by atoms with van der Waals surface area (Å²) in [5.74, 6) is 1.96. The van der Waals surface area contributed by atoms with Crippen LogP contribution in [-0.4, -0.2) is 48.3 Å². The van der Waals surface area contributed by atoms with E-state index in [1.54, 1.807) is 6.26 Å². The summed E-state index contributed by atoms with van der Waals surface area (Å²) < 4.78 is 5.47. The predicted octanol–water partition coefficient (Wildman–Crippen LogP) is 3.58. The molecule has 1 aromatic carbocycles. The van der Waals surface area contributed by atoms with Crippen LogP contribution in [0.2, 0.25) is 0 Å². The van der Waals surface area contributed by atoms with E-state index in [-0.39, 0.29) is 29.9 Å². The zero-order chi connectivity index (χ0) is 22.1. The van der Waals surface area contributed by atoms with Gasteiger partial charge in [-0.05, 0) is 56.0 Å². The Kier molecular flexibility index (Phi) is 11.0. The molecule has 0 spiro atoms. The molecule has 2 aromatic rings. The van der Waals surface area contributed by atoms with Gasteiger partial charge in [0.05, 0.1) is 19.4 Å². The molecule has 176 valence electrons. The first-order valence-electron chi connectivity index (χ1n) is 11.1. The Labute approximate surface area is 208 Å². The molecule has 32 heavy (non-hydrogen) atoms. The number of hydrogen-bond donors (Lipinski definition) is 2. The maximum Gasteiger partial charge on any atom is 0.217 e. The fourth-order valence-corrected chi connectivity index (χ4v) is 4.18. The average molecular weight is 553 g/mol. The predicted molar refractivity (Wildman–Crippen MR) is 139 cm³/mol. The van der Waals surface area contributed by atoms with E-state index < -0.39 is 0 Å². The van der Waals surface area contributed by atoms with Crippen molar-refractivity contribution in [2.45, 2.75) is 45.8 Å². The fourth-order valence-electron chi connectivity index (χ4n) is 4.18. The molecular formula is C24H36IN5O2. The third-order valence-corrected chi connectivity index (χ3v) is 5.61. The van der Waals surface area contributed by atoms with Gasteiger partial charge < -0.3 is 20.4 Å². The van der Waals surface area contributed by atoms with Crippen LogP contribution in [0.5, 0.6) is 0 Å². The lowest BCUT2D eigenvalue weighted by molar-refractivity contribution is -0.119. The minimum absolute atomic E-state index is 0. The highest BCUT2D eigenvalue weighted by Gasteiger charge is 2.23. The highest BCUT2D eigenvalue weighted by Crippen LogP contribution is 2.20. The zero-order valence-corrected chi connectivity index (χ0v) is 21.5. The lowest BCUT2D eigenvalue weighted by atomic mass is 9.95. The second kappa shape index (κ2) is 13.5. The number of benzene rings is 1. The molecule has 0 radical (unpaired) electrons. The van der Waals surface area contributed by atoms with E-state index in [9.17, 15) is 4.79 Å². The largest absolute Gasteiger partial charge is 0.468 e. The number of piperidine rings is 1. The van der Waals surface area contributed by atoms with E-state index in [4.69, 9.17) is 15.1 Å². The van der Waals surface area contributed by atoms with Gasteiger partial charge in [-0.3, -0.25) is 9.69 Å². The highest BCUT2D eigenvalue weighted by molar-refractivity contribution is 14.0. The molecule has 1 unspecified atom stereocenters. The van der Waals surface area contributed by atoms with Crippen molar-refractivity contribution in [1.82, 2.24) is 15.1 Å². The van der Waals surface area contributed by atoms with E-state index in [0.717, 1.165) is 57.3 Å². The average Bonchev–Trinajstić information content (AvgIpc) is 3.24. The summed E-state index contributed by atoms with van der Waals surface area (Å²) in [7, 11) is 2.10. The highest BCUT2D eigenvalue weighted by atomic mass is 127. The molecule has 8 heteroatoms. The molecule has 0 saturated carbocycles. The van der Waals surface area contributed by atoms with Crippen LogP contribution in [0, 0.1) is 5.92 Å². The maximum atomic E-state index is 11.4. The summed E-state index contributed by atoms with van der Waals surface area (Å²) in [6.07, 6.45) is 4.25. The van der Waals surface area contributed by atoms with Crippen molar-refractivity contribution in [3.8, 4) is 0 Å². The second-order valence-electron chi connectivity index (χ2n) is 8.32. The molecule has 3 N–H and O–H groups in total. The third-order valence-electron chi connectivity index (χ3n) is 5.61. The Morgan fingerprint density at radius 2 is 2.03 bits per heavy atom. The molecular weight excluding hydrogens is 517 g/mol. The number of hydrogen-bond acceptors (Lipinski definition) is 4. The van der Waals surface area contributed by atoms with Crippen molar-refractivity contribution in [2.75, 3.05) is 26.7 Å². The van der Waals surface area contributed by atoms with Gasteiger partial charge in [-0.25, -0.2) is 4.99 Å². The van der Waals surface area contributed by atoms with Crippen molar-refractivity contribution >= 4 is 35.8 Å². The van der Waals surface area contributed by atoms with Gasteiger partial charge in [0.1, 0.15) is 5.76 Å². The number of carbonyl (C=O) groups excluding carboxylic acids is 1. The summed E-state index contributed by atoms with van der Waals surface area (Å²) in [6, 6.07) is 12.4. The Bertz CT molecular complexity index is 856. The van der Waals surface area contributed by atoms with Gasteiger partial charge in [0.25, 0.3) is 0 Å². The Hall–Kier alpha value is -2.07. The summed E-state index contributed by atoms with van der Waals surface area (Å²) in [6.45, 7) is 6.87. The van der Waals surface area contributed by atoms with Crippen LogP contribution in [-0.2, 0) is 24.4 Å². The molecule has 1 atom stereocenters. The number of nitrogens with two attached hydrogens (primary N) is 1. The van der Waals surface area contributed by atoms with E-state index >= 15 is 0 Å². The van der Waals surface area contributed by atoms with E-state index in [1.165, 1.54) is 11.1 Å². The first kappa shape index (κ1) is 26.2. The number of furan rings is 1. The van der Waals surface area contributed by atoms with Gasteiger partial charge >= 0.3 is 0 Å². The number of primary amides is 1. The molecule has 3 rings (SSSR count). The van der Waals surface area contributed by atoms with Crippen molar-refractivity contribution < 1.29 is 9.21 Å². The smallest absolute Gasteiger partial charge is 0.217 e. The molecule has 1 saturated heterocycles. The van der Waals surface area contributed by atoms with E-state index in [2.05, 4.69) is 53.4 Å². The SMILES string of the molecule is CCNC(=NCc1ccccc1CN(C)Cc1ccco1)N1CCCC(CC(N)=O)C1.I. The third kappa shape index (κ3) is 8.12. The Morgan fingerprint density at radius 1 is 1.25 bits per heavy atom. The monoisotopic (exact) mass is 553 g/mol. The lowest BCUT2D eigenvalue weighted by Crippen LogP contribution is -2.47. The van der Waals surface area contributed by atoms with Crippen LogP contribution < -0.4 is 11.1 Å². The van der Waals surface area contributed by atoms with Gasteiger partial charge in [-0.2, -0.15) is 0 Å². The Morgan fingerprint density at radius 3 is 2.72 bits per heavy atom. The van der Waals surface area contributed by atoms with Crippen LogP contribution >= 0.6 is 24.0 Å². The van der Waals surface area contributed by atoms with E-state index in [0.29, 0.717) is 18.9 Å². The standard InChI is InChI=1S/C24H35N5O2.HI/c1-3-26-24(29-12-6-8-19(16-29)14-23(25)30)27-15-20-9-4-5-10-21(20)17-28(2)18-22-11-7-13-31-22;/h4-5,7,9-11,13,19H,3,6,8,12,14-18H2,1-2H3,(H2,25,30)(H,26,27);1H. The number of halogens is 1. The van der Waals surface area contributed by atoms with Gasteiger partial charge in [0.2, 0.25) is 5.91 Å². The quantitative estimate of drug-likeness (QED) is 0.282. The first-order chi connectivity index (χ1) is 15.0.